The van der Waals surface area contributed by atoms with Crippen molar-refractivity contribution in [3.05, 3.63) is 29.8 Å². The van der Waals surface area contributed by atoms with Crippen molar-refractivity contribution in [2.75, 3.05) is 18.0 Å². The zero-order valence-corrected chi connectivity index (χ0v) is 10.8. The minimum Gasteiger partial charge on any atom is -0.369 e. The van der Waals surface area contributed by atoms with Crippen molar-refractivity contribution < 1.29 is 13.2 Å². The molecule has 106 valence electrons. The molecule has 2 nitrogen and oxygen atoms in total. The van der Waals surface area contributed by atoms with Gasteiger partial charge in [-0.05, 0) is 56.5 Å². The van der Waals surface area contributed by atoms with Crippen molar-refractivity contribution in [1.82, 2.24) is 0 Å². The van der Waals surface area contributed by atoms with Crippen molar-refractivity contribution in [2.24, 2.45) is 5.73 Å². The molecule has 0 amide bonds. The summed E-state index contributed by atoms with van der Waals surface area (Å²) in [7, 11) is 0. The highest BCUT2D eigenvalue weighted by Crippen LogP contribution is 2.33. The van der Waals surface area contributed by atoms with Crippen LogP contribution in [0, 0.1) is 0 Å². The summed E-state index contributed by atoms with van der Waals surface area (Å²) in [5, 5.41) is 0. The van der Waals surface area contributed by atoms with Gasteiger partial charge in [0.1, 0.15) is 0 Å². The molecule has 1 unspecified atom stereocenters. The molecule has 0 aliphatic carbocycles. The molecule has 0 radical (unpaired) electrons. The molecular formula is C14H19F3N2. The van der Waals surface area contributed by atoms with Crippen LogP contribution in [0.4, 0.5) is 18.9 Å². The number of rotatable bonds is 4. The number of alkyl halides is 3. The number of nitrogens with two attached hydrogens (primary N) is 1. The summed E-state index contributed by atoms with van der Waals surface area (Å²) in [6.45, 7) is 1.58. The lowest BCUT2D eigenvalue weighted by Gasteiger charge is -2.27. The molecule has 0 bridgehead atoms. The highest BCUT2D eigenvalue weighted by atomic mass is 19.4. The van der Waals surface area contributed by atoms with E-state index in [1.54, 1.807) is 12.1 Å². The third-order valence-corrected chi connectivity index (χ3v) is 3.64. The van der Waals surface area contributed by atoms with E-state index in [1.165, 1.54) is 0 Å². The van der Waals surface area contributed by atoms with E-state index in [2.05, 4.69) is 4.90 Å². The fraction of sp³-hybridized carbons (Fsp3) is 0.571. The van der Waals surface area contributed by atoms with Crippen LogP contribution < -0.4 is 10.6 Å². The van der Waals surface area contributed by atoms with Crippen LogP contribution in [0.2, 0.25) is 0 Å². The normalized spacial score (nSPS) is 20.0. The molecule has 1 aromatic carbocycles. The van der Waals surface area contributed by atoms with Gasteiger partial charge in [0.15, 0.2) is 0 Å². The first-order valence-electron chi connectivity index (χ1n) is 6.66. The van der Waals surface area contributed by atoms with Gasteiger partial charge >= 0.3 is 6.18 Å². The predicted molar refractivity (Wildman–Crippen MR) is 70.1 cm³/mol. The maximum Gasteiger partial charge on any atom is 0.416 e. The summed E-state index contributed by atoms with van der Waals surface area (Å²) >= 11 is 0. The third-order valence-electron chi connectivity index (χ3n) is 3.64. The average Bonchev–Trinajstić information content (AvgIpc) is 2.83. The van der Waals surface area contributed by atoms with Crippen molar-refractivity contribution in [3.8, 4) is 0 Å². The fourth-order valence-corrected chi connectivity index (χ4v) is 2.67. The summed E-state index contributed by atoms with van der Waals surface area (Å²) < 4.78 is 37.5. The highest BCUT2D eigenvalue weighted by molar-refractivity contribution is 5.49. The molecule has 19 heavy (non-hydrogen) atoms. The van der Waals surface area contributed by atoms with E-state index in [0.29, 0.717) is 12.6 Å². The lowest BCUT2D eigenvalue weighted by atomic mass is 10.1. The van der Waals surface area contributed by atoms with Gasteiger partial charge in [0.25, 0.3) is 0 Å². The molecule has 1 aliphatic heterocycles. The van der Waals surface area contributed by atoms with Crippen molar-refractivity contribution in [3.63, 3.8) is 0 Å². The Morgan fingerprint density at radius 2 is 1.89 bits per heavy atom. The largest absolute Gasteiger partial charge is 0.416 e. The average molecular weight is 272 g/mol. The van der Waals surface area contributed by atoms with E-state index in [9.17, 15) is 13.2 Å². The van der Waals surface area contributed by atoms with E-state index < -0.39 is 11.7 Å². The summed E-state index contributed by atoms with van der Waals surface area (Å²) in [5.41, 5.74) is 5.81. The van der Waals surface area contributed by atoms with Gasteiger partial charge in [0.05, 0.1) is 5.56 Å². The Bertz CT molecular complexity index is 400. The Balaban J connectivity index is 2.08. The number of benzene rings is 1. The standard InChI is InChI=1S/C14H19F3N2/c15-14(16,17)11-5-7-13(8-6-11)19-10-2-4-12(19)3-1-9-18/h5-8,12H,1-4,9-10,18H2. The van der Waals surface area contributed by atoms with Gasteiger partial charge in [-0.15, -0.1) is 0 Å². The first-order valence-corrected chi connectivity index (χ1v) is 6.66. The monoisotopic (exact) mass is 272 g/mol. The minimum atomic E-state index is -4.26. The molecule has 1 aromatic rings. The molecule has 2 rings (SSSR count). The van der Waals surface area contributed by atoms with Crippen molar-refractivity contribution in [2.45, 2.75) is 37.9 Å². The summed E-state index contributed by atoms with van der Waals surface area (Å²) in [6, 6.07) is 5.88. The molecule has 5 heteroatoms. The van der Waals surface area contributed by atoms with Crippen LogP contribution in [0.15, 0.2) is 24.3 Å². The Hall–Kier alpha value is -1.23. The van der Waals surface area contributed by atoms with Gasteiger partial charge in [-0.25, -0.2) is 0 Å². The summed E-state index contributed by atoms with van der Waals surface area (Å²) in [4.78, 5) is 2.20. The number of halogens is 3. The van der Waals surface area contributed by atoms with Gasteiger partial charge in [-0.3, -0.25) is 0 Å². The number of anilines is 1. The second-order valence-corrected chi connectivity index (χ2v) is 4.96. The van der Waals surface area contributed by atoms with E-state index in [4.69, 9.17) is 5.73 Å². The second kappa shape index (κ2) is 5.82. The molecule has 2 N–H and O–H groups in total. The maximum atomic E-state index is 12.5. The fourth-order valence-electron chi connectivity index (χ4n) is 2.67. The van der Waals surface area contributed by atoms with E-state index >= 15 is 0 Å². The van der Waals surface area contributed by atoms with Crippen LogP contribution in [0.1, 0.15) is 31.2 Å². The van der Waals surface area contributed by atoms with Gasteiger partial charge in [-0.1, -0.05) is 0 Å². The number of hydrogen-bond donors (Lipinski definition) is 1. The Labute approximate surface area is 111 Å². The zero-order valence-electron chi connectivity index (χ0n) is 10.8. The zero-order chi connectivity index (χ0) is 13.9. The van der Waals surface area contributed by atoms with Crippen LogP contribution >= 0.6 is 0 Å². The summed E-state index contributed by atoms with van der Waals surface area (Å²) in [6.07, 6.45) is -0.0981. The molecule has 1 fully saturated rings. The lowest BCUT2D eigenvalue weighted by molar-refractivity contribution is -0.137. The molecule has 0 saturated carbocycles. The van der Waals surface area contributed by atoms with Gasteiger partial charge in [0.2, 0.25) is 0 Å². The number of nitrogens with zero attached hydrogens (tertiary/aromatic N) is 1. The highest BCUT2D eigenvalue weighted by Gasteiger charge is 2.31. The maximum absolute atomic E-state index is 12.5. The minimum absolute atomic E-state index is 0.417. The van der Waals surface area contributed by atoms with Crippen LogP contribution in [0.5, 0.6) is 0 Å². The first-order chi connectivity index (χ1) is 9.02. The van der Waals surface area contributed by atoms with Crippen LogP contribution in [0.3, 0.4) is 0 Å². The quantitative estimate of drug-likeness (QED) is 0.910. The van der Waals surface area contributed by atoms with Gasteiger partial charge < -0.3 is 10.6 Å². The summed E-state index contributed by atoms with van der Waals surface area (Å²) in [5.74, 6) is 0. The predicted octanol–water partition coefficient (Wildman–Crippen LogP) is 3.41. The number of hydrogen-bond acceptors (Lipinski definition) is 2. The van der Waals surface area contributed by atoms with Gasteiger partial charge in [0, 0.05) is 18.3 Å². The second-order valence-electron chi connectivity index (χ2n) is 4.96. The van der Waals surface area contributed by atoms with E-state index in [-0.39, 0.29) is 0 Å². The molecule has 0 aromatic heterocycles. The lowest BCUT2D eigenvalue weighted by Crippen LogP contribution is -2.29. The first kappa shape index (κ1) is 14.2. The Morgan fingerprint density at radius 3 is 2.47 bits per heavy atom. The van der Waals surface area contributed by atoms with Crippen LogP contribution in [0.25, 0.3) is 0 Å². The molecule has 1 saturated heterocycles. The SMILES string of the molecule is NCCCC1CCCN1c1ccc(C(F)(F)F)cc1. The van der Waals surface area contributed by atoms with Gasteiger partial charge in [-0.2, -0.15) is 13.2 Å². The van der Waals surface area contributed by atoms with E-state index in [1.807, 2.05) is 0 Å². The van der Waals surface area contributed by atoms with E-state index in [0.717, 1.165) is 50.0 Å². The smallest absolute Gasteiger partial charge is 0.369 e. The van der Waals surface area contributed by atoms with Crippen LogP contribution in [-0.2, 0) is 6.18 Å². The topological polar surface area (TPSA) is 29.3 Å². The van der Waals surface area contributed by atoms with Crippen molar-refractivity contribution in [1.29, 1.82) is 0 Å². The molecule has 0 spiro atoms. The molecule has 1 aliphatic rings. The molecule has 1 atom stereocenters. The Morgan fingerprint density at radius 1 is 1.21 bits per heavy atom. The van der Waals surface area contributed by atoms with Crippen LogP contribution in [-0.4, -0.2) is 19.1 Å². The van der Waals surface area contributed by atoms with Crippen molar-refractivity contribution >= 4 is 5.69 Å². The Kier molecular flexibility index (Phi) is 4.34. The molecular weight excluding hydrogens is 253 g/mol. The third kappa shape index (κ3) is 3.41. The molecule has 1 heterocycles.